The van der Waals surface area contributed by atoms with Crippen molar-refractivity contribution in [2.24, 2.45) is 23.2 Å². The summed E-state index contributed by atoms with van der Waals surface area (Å²) in [4.78, 5) is 0. The van der Waals surface area contributed by atoms with Gasteiger partial charge in [0.25, 0.3) is 0 Å². The maximum Gasteiger partial charge on any atom is 0.166 e. The molecule has 20 heavy (non-hydrogen) atoms. The Morgan fingerprint density at radius 1 is 1.10 bits per heavy atom. The van der Waals surface area contributed by atoms with Crippen LogP contribution in [0.3, 0.4) is 0 Å². The highest BCUT2D eigenvalue weighted by molar-refractivity contribution is 7.80. The molecule has 0 aromatic carbocycles. The van der Waals surface area contributed by atoms with Gasteiger partial charge in [-0.15, -0.1) is 0 Å². The van der Waals surface area contributed by atoms with E-state index in [4.69, 9.17) is 12.2 Å². The maximum atomic E-state index is 5.55. The molecule has 0 heterocycles. The highest BCUT2D eigenvalue weighted by atomic mass is 32.1. The standard InChI is InChI=1S/C17H28N2S/c1-11-6-14(10-17(2,3)9-11)18-16(20)19-15-8-12-4-5-13(15)7-12/h4-5,11-15H,6-10H2,1-3H3,(H2,18,19,20)/t11-,12-,13-,14+,15-/m1/s1. The topological polar surface area (TPSA) is 24.1 Å². The van der Waals surface area contributed by atoms with E-state index in [1.807, 2.05) is 0 Å². The molecule has 3 aliphatic rings. The second-order valence-electron chi connectivity index (χ2n) is 8.11. The van der Waals surface area contributed by atoms with Gasteiger partial charge in [0.1, 0.15) is 0 Å². The molecule has 2 N–H and O–H groups in total. The molecule has 0 unspecified atom stereocenters. The van der Waals surface area contributed by atoms with E-state index in [0.717, 1.165) is 16.9 Å². The third-order valence-electron chi connectivity index (χ3n) is 5.32. The average Bonchev–Trinajstić information content (AvgIpc) is 2.87. The molecule has 3 rings (SSSR count). The zero-order valence-electron chi connectivity index (χ0n) is 13.0. The van der Waals surface area contributed by atoms with E-state index in [9.17, 15) is 0 Å². The third-order valence-corrected chi connectivity index (χ3v) is 5.55. The van der Waals surface area contributed by atoms with Crippen molar-refractivity contribution in [1.82, 2.24) is 10.6 Å². The van der Waals surface area contributed by atoms with E-state index < -0.39 is 0 Å². The van der Waals surface area contributed by atoms with Crippen molar-refractivity contribution >= 4 is 17.3 Å². The van der Waals surface area contributed by atoms with Crippen LogP contribution in [0.1, 0.15) is 52.9 Å². The quantitative estimate of drug-likeness (QED) is 0.600. The SMILES string of the molecule is C[C@@H]1C[C@H](NC(=S)N[C@@H]2C[C@@H]3C=C[C@@H]2C3)CC(C)(C)C1. The minimum atomic E-state index is 0.445. The van der Waals surface area contributed by atoms with Gasteiger partial charge in [0.05, 0.1) is 0 Å². The van der Waals surface area contributed by atoms with Gasteiger partial charge in [-0.2, -0.15) is 0 Å². The van der Waals surface area contributed by atoms with Gasteiger partial charge in [-0.1, -0.05) is 32.9 Å². The molecule has 2 saturated carbocycles. The Morgan fingerprint density at radius 3 is 2.50 bits per heavy atom. The molecule has 5 atom stereocenters. The molecule has 0 aromatic rings. The Labute approximate surface area is 128 Å². The Hall–Kier alpha value is -0.570. The highest BCUT2D eigenvalue weighted by Gasteiger charge is 2.36. The lowest BCUT2D eigenvalue weighted by Crippen LogP contribution is -2.50. The summed E-state index contributed by atoms with van der Waals surface area (Å²) in [5.41, 5.74) is 0.445. The molecule has 0 amide bonds. The van der Waals surface area contributed by atoms with E-state index in [2.05, 4.69) is 43.6 Å². The molecule has 0 saturated heterocycles. The number of hydrogen-bond acceptors (Lipinski definition) is 1. The first-order chi connectivity index (χ1) is 9.41. The first-order valence-electron chi connectivity index (χ1n) is 8.17. The Morgan fingerprint density at radius 2 is 1.90 bits per heavy atom. The molecule has 3 heteroatoms. The molecule has 0 radical (unpaired) electrons. The average molecular weight is 292 g/mol. The van der Waals surface area contributed by atoms with Gasteiger partial charge in [0.2, 0.25) is 0 Å². The molecule has 2 fully saturated rings. The number of fused-ring (bicyclic) bond motifs is 2. The van der Waals surface area contributed by atoms with Crippen molar-refractivity contribution in [2.45, 2.75) is 65.0 Å². The van der Waals surface area contributed by atoms with E-state index in [1.165, 1.54) is 32.1 Å². The van der Waals surface area contributed by atoms with Gasteiger partial charge in [-0.05, 0) is 67.5 Å². The predicted octanol–water partition coefficient (Wildman–Crippen LogP) is 3.63. The van der Waals surface area contributed by atoms with Crippen molar-refractivity contribution < 1.29 is 0 Å². The fourth-order valence-electron chi connectivity index (χ4n) is 4.80. The molecule has 2 bridgehead atoms. The van der Waals surface area contributed by atoms with Crippen molar-refractivity contribution in [3.8, 4) is 0 Å². The Balaban J connectivity index is 1.50. The van der Waals surface area contributed by atoms with E-state index in [0.29, 0.717) is 23.4 Å². The van der Waals surface area contributed by atoms with Crippen LogP contribution in [0.5, 0.6) is 0 Å². The number of allylic oxidation sites excluding steroid dienone is 1. The monoisotopic (exact) mass is 292 g/mol. The van der Waals surface area contributed by atoms with Crippen LogP contribution in [0.2, 0.25) is 0 Å². The predicted molar refractivity (Wildman–Crippen MR) is 88.6 cm³/mol. The fraction of sp³-hybridized carbons (Fsp3) is 0.824. The van der Waals surface area contributed by atoms with E-state index in [-0.39, 0.29) is 0 Å². The minimum Gasteiger partial charge on any atom is -0.360 e. The van der Waals surface area contributed by atoms with E-state index >= 15 is 0 Å². The molecule has 0 aliphatic heterocycles. The molecular weight excluding hydrogens is 264 g/mol. The first-order valence-corrected chi connectivity index (χ1v) is 8.57. The zero-order valence-corrected chi connectivity index (χ0v) is 13.8. The number of nitrogens with one attached hydrogen (secondary N) is 2. The smallest absolute Gasteiger partial charge is 0.166 e. The van der Waals surface area contributed by atoms with Crippen LogP contribution in [0, 0.1) is 23.2 Å². The van der Waals surface area contributed by atoms with Crippen molar-refractivity contribution in [3.63, 3.8) is 0 Å². The number of rotatable bonds is 2. The zero-order chi connectivity index (χ0) is 14.3. The summed E-state index contributed by atoms with van der Waals surface area (Å²) in [5.74, 6) is 2.31. The molecule has 3 aliphatic carbocycles. The summed E-state index contributed by atoms with van der Waals surface area (Å²) in [6, 6.07) is 1.11. The lowest BCUT2D eigenvalue weighted by atomic mass is 9.71. The van der Waals surface area contributed by atoms with Crippen LogP contribution in [0.25, 0.3) is 0 Å². The lowest BCUT2D eigenvalue weighted by Gasteiger charge is -2.40. The number of hydrogen-bond donors (Lipinski definition) is 2. The first kappa shape index (κ1) is 14.4. The number of thiocarbonyl (C=S) groups is 1. The van der Waals surface area contributed by atoms with Gasteiger partial charge in [-0.3, -0.25) is 0 Å². The Bertz CT molecular complexity index is 415. The van der Waals surface area contributed by atoms with Crippen molar-refractivity contribution in [3.05, 3.63) is 12.2 Å². The van der Waals surface area contributed by atoms with Crippen LogP contribution in [-0.2, 0) is 0 Å². The largest absolute Gasteiger partial charge is 0.360 e. The summed E-state index contributed by atoms with van der Waals surface area (Å²) in [6.07, 6.45) is 11.2. The molecule has 0 spiro atoms. The van der Waals surface area contributed by atoms with Crippen LogP contribution in [-0.4, -0.2) is 17.2 Å². The van der Waals surface area contributed by atoms with Gasteiger partial charge in [0.15, 0.2) is 5.11 Å². The second-order valence-corrected chi connectivity index (χ2v) is 8.52. The van der Waals surface area contributed by atoms with Gasteiger partial charge in [-0.25, -0.2) is 0 Å². The minimum absolute atomic E-state index is 0.445. The van der Waals surface area contributed by atoms with Crippen LogP contribution < -0.4 is 10.6 Å². The van der Waals surface area contributed by atoms with Crippen molar-refractivity contribution in [2.75, 3.05) is 0 Å². The van der Waals surface area contributed by atoms with Crippen LogP contribution in [0.4, 0.5) is 0 Å². The van der Waals surface area contributed by atoms with Gasteiger partial charge in [0, 0.05) is 12.1 Å². The molecule has 2 nitrogen and oxygen atoms in total. The maximum absolute atomic E-state index is 5.55. The normalized spacial score (nSPS) is 41.6. The molecule has 112 valence electrons. The van der Waals surface area contributed by atoms with Gasteiger partial charge >= 0.3 is 0 Å². The highest BCUT2D eigenvalue weighted by Crippen LogP contribution is 2.40. The molecule has 0 aromatic heterocycles. The van der Waals surface area contributed by atoms with Crippen molar-refractivity contribution in [1.29, 1.82) is 0 Å². The van der Waals surface area contributed by atoms with Crippen LogP contribution in [0.15, 0.2) is 12.2 Å². The summed E-state index contributed by atoms with van der Waals surface area (Å²) in [6.45, 7) is 7.13. The summed E-state index contributed by atoms with van der Waals surface area (Å²) < 4.78 is 0. The second kappa shape index (κ2) is 5.32. The lowest BCUT2D eigenvalue weighted by molar-refractivity contribution is 0.161. The summed E-state index contributed by atoms with van der Waals surface area (Å²) in [5, 5.41) is 8.04. The molecular formula is C17H28N2S. The van der Waals surface area contributed by atoms with Crippen LogP contribution >= 0.6 is 12.2 Å². The Kier molecular flexibility index (Phi) is 3.83. The summed E-state index contributed by atoms with van der Waals surface area (Å²) in [7, 11) is 0. The van der Waals surface area contributed by atoms with E-state index in [1.54, 1.807) is 0 Å². The van der Waals surface area contributed by atoms with Gasteiger partial charge < -0.3 is 10.6 Å². The fourth-order valence-corrected chi connectivity index (χ4v) is 5.12. The third kappa shape index (κ3) is 3.19. The summed E-state index contributed by atoms with van der Waals surface area (Å²) >= 11 is 5.55.